The zero-order valence-electron chi connectivity index (χ0n) is 14.1. The summed E-state index contributed by atoms with van der Waals surface area (Å²) in [6.45, 7) is 1.15. The molecule has 7 heteroatoms. The lowest BCUT2D eigenvalue weighted by molar-refractivity contribution is -0.138. The quantitative estimate of drug-likeness (QED) is 0.621. The lowest BCUT2D eigenvalue weighted by atomic mass is 10.2. The van der Waals surface area contributed by atoms with E-state index in [2.05, 4.69) is 5.32 Å². The summed E-state index contributed by atoms with van der Waals surface area (Å²) in [5.41, 5.74) is 0.901. The summed E-state index contributed by atoms with van der Waals surface area (Å²) >= 11 is 5.81. The van der Waals surface area contributed by atoms with Crippen LogP contribution in [0.1, 0.15) is 18.4 Å². The van der Waals surface area contributed by atoms with Gasteiger partial charge < -0.3 is 19.9 Å². The number of rotatable bonds is 10. The number of hydrogen-bond acceptors (Lipinski definition) is 4. The minimum atomic E-state index is -0.985. The van der Waals surface area contributed by atoms with Gasteiger partial charge in [-0.15, -0.1) is 0 Å². The van der Waals surface area contributed by atoms with Gasteiger partial charge in [-0.25, -0.2) is 0 Å². The van der Waals surface area contributed by atoms with Crippen LogP contribution in [-0.4, -0.2) is 30.2 Å². The van der Waals surface area contributed by atoms with E-state index in [0.717, 1.165) is 11.3 Å². The Kier molecular flexibility index (Phi) is 7.76. The van der Waals surface area contributed by atoms with Gasteiger partial charge in [0.25, 0.3) is 0 Å². The molecule has 2 aromatic rings. The summed E-state index contributed by atoms with van der Waals surface area (Å²) in [6, 6.07) is 14.4. The Labute approximate surface area is 156 Å². The monoisotopic (exact) mass is 377 g/mol. The van der Waals surface area contributed by atoms with Crippen molar-refractivity contribution in [1.29, 1.82) is 0 Å². The molecule has 0 spiro atoms. The first-order chi connectivity index (χ1) is 12.5. The number of hydrogen-bond donors (Lipinski definition) is 2. The van der Waals surface area contributed by atoms with Gasteiger partial charge in [-0.2, -0.15) is 0 Å². The number of carboxylic acids is 1. The van der Waals surface area contributed by atoms with Gasteiger partial charge in [-0.3, -0.25) is 9.59 Å². The van der Waals surface area contributed by atoms with Crippen molar-refractivity contribution in [3.8, 4) is 11.5 Å². The van der Waals surface area contributed by atoms with Crippen molar-refractivity contribution in [3.05, 3.63) is 59.1 Å². The Morgan fingerprint density at radius 3 is 1.96 bits per heavy atom. The molecule has 0 atom stereocenters. The van der Waals surface area contributed by atoms with Gasteiger partial charge in [-0.1, -0.05) is 23.7 Å². The van der Waals surface area contributed by atoms with Crippen LogP contribution >= 0.6 is 11.6 Å². The molecule has 2 rings (SSSR count). The van der Waals surface area contributed by atoms with Gasteiger partial charge in [0.2, 0.25) is 5.91 Å². The van der Waals surface area contributed by atoms with E-state index < -0.39 is 5.97 Å². The third-order valence-corrected chi connectivity index (χ3v) is 3.67. The Morgan fingerprint density at radius 1 is 0.885 bits per heavy atom. The van der Waals surface area contributed by atoms with Crippen molar-refractivity contribution in [3.63, 3.8) is 0 Å². The number of benzene rings is 2. The molecule has 6 nitrogen and oxygen atoms in total. The Morgan fingerprint density at radius 2 is 1.42 bits per heavy atom. The Bertz CT molecular complexity index is 716. The third kappa shape index (κ3) is 7.44. The number of halogens is 1. The first-order valence-electron chi connectivity index (χ1n) is 8.11. The van der Waals surface area contributed by atoms with E-state index in [1.165, 1.54) is 0 Å². The second-order valence-electron chi connectivity index (χ2n) is 5.47. The number of carbonyl (C=O) groups excluding carboxylic acids is 1. The van der Waals surface area contributed by atoms with Crippen LogP contribution < -0.4 is 14.8 Å². The highest BCUT2D eigenvalue weighted by Crippen LogP contribution is 2.16. The van der Waals surface area contributed by atoms with Gasteiger partial charge in [0.15, 0.2) is 0 Å². The first kappa shape index (κ1) is 19.6. The smallest absolute Gasteiger partial charge is 0.303 e. The van der Waals surface area contributed by atoms with Crippen molar-refractivity contribution >= 4 is 23.5 Å². The highest BCUT2D eigenvalue weighted by Gasteiger charge is 2.05. The molecule has 0 aromatic heterocycles. The van der Waals surface area contributed by atoms with Gasteiger partial charge in [0, 0.05) is 18.0 Å². The lowest BCUT2D eigenvalue weighted by Crippen LogP contribution is -2.23. The average Bonchev–Trinajstić information content (AvgIpc) is 2.64. The molecule has 1 amide bonds. The van der Waals surface area contributed by atoms with Gasteiger partial charge >= 0.3 is 5.97 Å². The first-order valence-corrected chi connectivity index (χ1v) is 8.49. The summed E-state index contributed by atoms with van der Waals surface area (Å²) in [7, 11) is 0. The maximum absolute atomic E-state index is 11.5. The molecule has 0 fully saturated rings. The predicted octanol–water partition coefficient (Wildman–Crippen LogP) is 3.28. The molecular weight excluding hydrogens is 358 g/mol. The fourth-order valence-corrected chi connectivity index (χ4v) is 2.19. The van der Waals surface area contributed by atoms with Crippen LogP contribution in [0.3, 0.4) is 0 Å². The maximum atomic E-state index is 11.5. The molecule has 0 saturated carbocycles. The molecule has 138 valence electrons. The van der Waals surface area contributed by atoms with Crippen LogP contribution in [0, 0.1) is 0 Å². The summed E-state index contributed by atoms with van der Waals surface area (Å²) in [5, 5.41) is 11.9. The molecule has 0 aliphatic carbocycles. The molecule has 0 bridgehead atoms. The van der Waals surface area contributed by atoms with Crippen LogP contribution in [-0.2, 0) is 16.1 Å². The Balaban J connectivity index is 1.66. The molecule has 0 aliphatic heterocycles. The molecule has 2 N–H and O–H groups in total. The van der Waals surface area contributed by atoms with Crippen LogP contribution in [0.2, 0.25) is 5.02 Å². The minimum absolute atomic E-state index is 0.0237. The summed E-state index contributed by atoms with van der Waals surface area (Å²) in [5.74, 6) is 0.159. The van der Waals surface area contributed by atoms with Crippen molar-refractivity contribution in [2.24, 2.45) is 0 Å². The van der Waals surface area contributed by atoms with E-state index in [0.29, 0.717) is 30.5 Å². The highest BCUT2D eigenvalue weighted by atomic mass is 35.5. The van der Waals surface area contributed by atoms with Crippen LogP contribution in [0.25, 0.3) is 0 Å². The van der Waals surface area contributed by atoms with Crippen LogP contribution in [0.4, 0.5) is 0 Å². The average molecular weight is 378 g/mol. The summed E-state index contributed by atoms with van der Waals surface area (Å²) in [6.07, 6.45) is -0.194. The second-order valence-corrected chi connectivity index (χ2v) is 5.90. The van der Waals surface area contributed by atoms with Crippen LogP contribution in [0.15, 0.2) is 48.5 Å². The van der Waals surface area contributed by atoms with E-state index in [9.17, 15) is 9.59 Å². The molecule has 0 heterocycles. The number of carbonyl (C=O) groups is 2. The summed E-state index contributed by atoms with van der Waals surface area (Å²) < 4.78 is 11.1. The normalized spacial score (nSPS) is 10.2. The van der Waals surface area contributed by atoms with Gasteiger partial charge in [-0.05, 0) is 42.0 Å². The number of nitrogens with one attached hydrogen (secondary N) is 1. The third-order valence-electron chi connectivity index (χ3n) is 3.41. The molecule has 0 saturated heterocycles. The molecular formula is C19H20ClNO5. The van der Waals surface area contributed by atoms with E-state index in [1.807, 2.05) is 12.1 Å². The predicted molar refractivity (Wildman–Crippen MR) is 97.6 cm³/mol. The van der Waals surface area contributed by atoms with Crippen molar-refractivity contribution in [2.75, 3.05) is 13.2 Å². The van der Waals surface area contributed by atoms with Crippen molar-refractivity contribution in [1.82, 2.24) is 5.32 Å². The standard InChI is InChI=1S/C19H20ClNO5/c20-15-3-7-17(8-4-15)26-12-11-25-16-5-1-14(2-6-16)13-21-18(22)9-10-19(23)24/h1-8H,9-13H2,(H,21,22)(H,23,24). The second kappa shape index (κ2) is 10.3. The topological polar surface area (TPSA) is 84.9 Å². The van der Waals surface area contributed by atoms with E-state index >= 15 is 0 Å². The number of ether oxygens (including phenoxy) is 2. The minimum Gasteiger partial charge on any atom is -0.490 e. The fourth-order valence-electron chi connectivity index (χ4n) is 2.06. The largest absolute Gasteiger partial charge is 0.490 e. The van der Waals surface area contributed by atoms with Gasteiger partial charge in [0.05, 0.1) is 6.42 Å². The number of carboxylic acid groups (broad SMARTS) is 1. The molecule has 2 aromatic carbocycles. The SMILES string of the molecule is O=C(O)CCC(=O)NCc1ccc(OCCOc2ccc(Cl)cc2)cc1. The summed E-state index contributed by atoms with van der Waals surface area (Å²) in [4.78, 5) is 21.9. The number of amides is 1. The van der Waals surface area contributed by atoms with Crippen molar-refractivity contribution < 1.29 is 24.2 Å². The molecule has 0 unspecified atom stereocenters. The zero-order valence-corrected chi connectivity index (χ0v) is 14.9. The fraction of sp³-hybridized carbons (Fsp3) is 0.263. The Hall–Kier alpha value is -2.73. The zero-order chi connectivity index (χ0) is 18.8. The van der Waals surface area contributed by atoms with E-state index in [4.69, 9.17) is 26.2 Å². The van der Waals surface area contributed by atoms with Crippen molar-refractivity contribution in [2.45, 2.75) is 19.4 Å². The van der Waals surface area contributed by atoms with E-state index in [1.54, 1.807) is 36.4 Å². The lowest BCUT2D eigenvalue weighted by Gasteiger charge is -2.09. The number of aliphatic carboxylic acids is 1. The molecule has 0 aliphatic rings. The van der Waals surface area contributed by atoms with Gasteiger partial charge in [0.1, 0.15) is 24.7 Å². The van der Waals surface area contributed by atoms with Crippen LogP contribution in [0.5, 0.6) is 11.5 Å². The maximum Gasteiger partial charge on any atom is 0.303 e. The molecule has 26 heavy (non-hydrogen) atoms. The molecule has 0 radical (unpaired) electrons. The van der Waals surface area contributed by atoms with E-state index in [-0.39, 0.29) is 18.7 Å². The highest BCUT2D eigenvalue weighted by molar-refractivity contribution is 6.30.